The number of nitrogens with zero attached hydrogens (tertiary/aromatic N) is 4. The highest BCUT2D eigenvalue weighted by molar-refractivity contribution is 7.09. The van der Waals surface area contributed by atoms with Gasteiger partial charge in [-0.2, -0.15) is 5.10 Å². The van der Waals surface area contributed by atoms with Crippen LogP contribution in [0.3, 0.4) is 0 Å². The Morgan fingerprint density at radius 2 is 2.30 bits per heavy atom. The van der Waals surface area contributed by atoms with E-state index in [9.17, 15) is 10.1 Å². The molecule has 2 heterocycles. The van der Waals surface area contributed by atoms with Gasteiger partial charge < -0.3 is 5.32 Å². The highest BCUT2D eigenvalue weighted by Gasteiger charge is 2.25. The minimum Gasteiger partial charge on any atom is -0.364 e. The third kappa shape index (κ3) is 2.96. The van der Waals surface area contributed by atoms with Crippen molar-refractivity contribution in [2.45, 2.75) is 26.7 Å². The second-order valence-electron chi connectivity index (χ2n) is 4.41. The van der Waals surface area contributed by atoms with Gasteiger partial charge >= 0.3 is 5.69 Å². The molecule has 8 heteroatoms. The molecule has 0 aliphatic heterocycles. The maximum absolute atomic E-state index is 11.2. The third-order valence-corrected chi connectivity index (χ3v) is 3.77. The molecule has 0 aliphatic rings. The Morgan fingerprint density at radius 3 is 2.85 bits per heavy atom. The molecule has 1 N–H and O–H groups in total. The Balaban J connectivity index is 2.09. The zero-order valence-electron chi connectivity index (χ0n) is 11.7. The van der Waals surface area contributed by atoms with Crippen molar-refractivity contribution in [1.29, 1.82) is 0 Å². The van der Waals surface area contributed by atoms with Crippen LogP contribution in [0.5, 0.6) is 0 Å². The predicted molar refractivity (Wildman–Crippen MR) is 78.3 cm³/mol. The van der Waals surface area contributed by atoms with Crippen molar-refractivity contribution >= 4 is 22.8 Å². The summed E-state index contributed by atoms with van der Waals surface area (Å²) in [5.41, 5.74) is 1.58. The van der Waals surface area contributed by atoms with E-state index in [1.54, 1.807) is 18.4 Å². The standard InChI is InChI=1S/C12H17N5O2S/c1-4-10-11(17(18)19)12(16(3)15-10)13-6-5-9-7-20-8(2)14-9/h7,13H,4-6H2,1-3H3. The SMILES string of the molecule is CCc1nn(C)c(NCCc2csc(C)n2)c1[N+](=O)[O-]. The molecule has 0 aromatic carbocycles. The van der Waals surface area contributed by atoms with Gasteiger partial charge in [0.15, 0.2) is 0 Å². The Bertz CT molecular complexity index is 619. The molecule has 0 fully saturated rings. The van der Waals surface area contributed by atoms with Crippen molar-refractivity contribution in [2.75, 3.05) is 11.9 Å². The number of rotatable bonds is 6. The minimum absolute atomic E-state index is 0.0736. The highest BCUT2D eigenvalue weighted by Crippen LogP contribution is 2.28. The van der Waals surface area contributed by atoms with Gasteiger partial charge in [0.05, 0.1) is 15.6 Å². The molecule has 0 unspecified atom stereocenters. The van der Waals surface area contributed by atoms with Crippen molar-refractivity contribution < 1.29 is 4.92 Å². The van der Waals surface area contributed by atoms with Gasteiger partial charge in [-0.25, -0.2) is 9.67 Å². The number of nitro groups is 1. The first-order valence-corrected chi connectivity index (χ1v) is 7.26. The second kappa shape index (κ2) is 6.00. The van der Waals surface area contributed by atoms with Gasteiger partial charge in [-0.1, -0.05) is 6.92 Å². The van der Waals surface area contributed by atoms with Crippen LogP contribution in [0, 0.1) is 17.0 Å². The van der Waals surface area contributed by atoms with Crippen molar-refractivity contribution in [3.05, 3.63) is 31.9 Å². The van der Waals surface area contributed by atoms with Crippen LogP contribution in [0.4, 0.5) is 11.5 Å². The summed E-state index contributed by atoms with van der Waals surface area (Å²) in [5, 5.41) is 21.5. The summed E-state index contributed by atoms with van der Waals surface area (Å²) in [7, 11) is 1.71. The molecule has 0 bridgehead atoms. The third-order valence-electron chi connectivity index (χ3n) is 2.95. The second-order valence-corrected chi connectivity index (χ2v) is 5.48. The molecule has 0 spiro atoms. The summed E-state index contributed by atoms with van der Waals surface area (Å²) in [4.78, 5) is 15.1. The number of aromatic nitrogens is 3. The summed E-state index contributed by atoms with van der Waals surface area (Å²) in [5.74, 6) is 0.457. The first kappa shape index (κ1) is 14.4. The van der Waals surface area contributed by atoms with E-state index in [2.05, 4.69) is 15.4 Å². The molecule has 2 aromatic rings. The quantitative estimate of drug-likeness (QED) is 0.653. The highest BCUT2D eigenvalue weighted by atomic mass is 32.1. The number of hydrogen-bond acceptors (Lipinski definition) is 6. The number of aryl methyl sites for hydroxylation is 3. The maximum atomic E-state index is 11.2. The molecule has 7 nitrogen and oxygen atoms in total. The average molecular weight is 295 g/mol. The van der Waals surface area contributed by atoms with Crippen LogP contribution in [0.25, 0.3) is 0 Å². The van der Waals surface area contributed by atoms with Gasteiger partial charge in [-0.05, 0) is 13.3 Å². The molecule has 2 rings (SSSR count). The van der Waals surface area contributed by atoms with E-state index < -0.39 is 0 Å². The van der Waals surface area contributed by atoms with E-state index in [4.69, 9.17) is 0 Å². The maximum Gasteiger partial charge on any atom is 0.333 e. The molecule has 0 atom stereocenters. The first-order chi connectivity index (χ1) is 9.52. The van der Waals surface area contributed by atoms with E-state index in [1.165, 1.54) is 4.68 Å². The first-order valence-electron chi connectivity index (χ1n) is 6.38. The average Bonchev–Trinajstić information content (AvgIpc) is 2.94. The fourth-order valence-corrected chi connectivity index (χ4v) is 2.68. The van der Waals surface area contributed by atoms with E-state index in [-0.39, 0.29) is 10.6 Å². The molecule has 0 saturated carbocycles. The van der Waals surface area contributed by atoms with Gasteiger partial charge in [-0.15, -0.1) is 11.3 Å². The van der Waals surface area contributed by atoms with Crippen LogP contribution in [0.15, 0.2) is 5.38 Å². The summed E-state index contributed by atoms with van der Waals surface area (Å²) >= 11 is 1.60. The summed E-state index contributed by atoms with van der Waals surface area (Å²) in [6.45, 7) is 4.41. The smallest absolute Gasteiger partial charge is 0.333 e. The van der Waals surface area contributed by atoms with Crippen LogP contribution in [0.2, 0.25) is 0 Å². The van der Waals surface area contributed by atoms with Crippen LogP contribution < -0.4 is 5.32 Å². The van der Waals surface area contributed by atoms with Crippen molar-refractivity contribution in [2.24, 2.45) is 7.05 Å². The van der Waals surface area contributed by atoms with Gasteiger partial charge in [0, 0.05) is 25.4 Å². The fraction of sp³-hybridized carbons (Fsp3) is 0.500. The van der Waals surface area contributed by atoms with Crippen molar-refractivity contribution in [3.8, 4) is 0 Å². The molecule has 0 saturated heterocycles. The lowest BCUT2D eigenvalue weighted by Crippen LogP contribution is -2.10. The molecular formula is C12H17N5O2S. The number of hydrogen-bond donors (Lipinski definition) is 1. The lowest BCUT2D eigenvalue weighted by Gasteiger charge is -2.04. The van der Waals surface area contributed by atoms with Gasteiger partial charge in [0.1, 0.15) is 5.69 Å². The summed E-state index contributed by atoms with van der Waals surface area (Å²) in [6, 6.07) is 0. The van der Waals surface area contributed by atoms with Gasteiger partial charge in [-0.3, -0.25) is 10.1 Å². The Morgan fingerprint density at radius 1 is 1.55 bits per heavy atom. The van der Waals surface area contributed by atoms with Gasteiger partial charge in [0.25, 0.3) is 0 Å². The number of thiazole rings is 1. The minimum atomic E-state index is -0.374. The normalized spacial score (nSPS) is 10.8. The predicted octanol–water partition coefficient (Wildman–Crippen LogP) is 2.31. The van der Waals surface area contributed by atoms with Crippen LogP contribution >= 0.6 is 11.3 Å². The molecular weight excluding hydrogens is 278 g/mol. The van der Waals surface area contributed by atoms with E-state index >= 15 is 0 Å². The number of anilines is 1. The van der Waals surface area contributed by atoms with Crippen molar-refractivity contribution in [1.82, 2.24) is 14.8 Å². The molecule has 0 radical (unpaired) electrons. The van der Waals surface area contributed by atoms with Crippen LogP contribution in [-0.2, 0) is 19.9 Å². The van der Waals surface area contributed by atoms with Crippen LogP contribution in [0.1, 0.15) is 23.3 Å². The molecule has 108 valence electrons. The van der Waals surface area contributed by atoms with Crippen LogP contribution in [-0.4, -0.2) is 26.2 Å². The molecule has 0 aliphatic carbocycles. The van der Waals surface area contributed by atoms with Crippen molar-refractivity contribution in [3.63, 3.8) is 0 Å². The molecule has 2 aromatic heterocycles. The Labute approximate surface area is 120 Å². The summed E-state index contributed by atoms with van der Waals surface area (Å²) in [6.07, 6.45) is 1.27. The Kier molecular flexibility index (Phi) is 4.33. The topological polar surface area (TPSA) is 85.9 Å². The largest absolute Gasteiger partial charge is 0.364 e. The molecule has 20 heavy (non-hydrogen) atoms. The van der Waals surface area contributed by atoms with E-state index in [1.807, 2.05) is 19.2 Å². The summed E-state index contributed by atoms with van der Waals surface area (Å²) < 4.78 is 1.53. The van der Waals surface area contributed by atoms with E-state index in [0.717, 1.165) is 17.1 Å². The fourth-order valence-electron chi connectivity index (χ4n) is 2.03. The Hall–Kier alpha value is -1.96. The lowest BCUT2D eigenvalue weighted by molar-refractivity contribution is -0.384. The number of nitrogens with one attached hydrogen (secondary N) is 1. The lowest BCUT2D eigenvalue weighted by atomic mass is 10.3. The van der Waals surface area contributed by atoms with Gasteiger partial charge in [0.2, 0.25) is 5.82 Å². The zero-order valence-corrected chi connectivity index (χ0v) is 12.5. The zero-order chi connectivity index (χ0) is 14.7. The van der Waals surface area contributed by atoms with E-state index in [0.29, 0.717) is 24.5 Å². The molecule has 0 amide bonds. The monoisotopic (exact) mass is 295 g/mol.